The second-order valence-corrected chi connectivity index (χ2v) is 5.24. The fraction of sp³-hybridized carbons (Fsp3) is 0.467. The Labute approximate surface area is 124 Å². The third kappa shape index (κ3) is 5.72. The van der Waals surface area contributed by atoms with Gasteiger partial charge in [0.2, 0.25) is 0 Å². The molecular weight excluding hydrogens is 272 g/mol. The van der Waals surface area contributed by atoms with E-state index in [1.54, 1.807) is 38.2 Å². The van der Waals surface area contributed by atoms with Gasteiger partial charge in [-0.05, 0) is 38.1 Å². The predicted octanol–water partition coefficient (Wildman–Crippen LogP) is 2.66. The van der Waals surface area contributed by atoms with Crippen LogP contribution >= 0.6 is 0 Å². The Bertz CT molecular complexity index is 485. The second kappa shape index (κ2) is 7.52. The van der Waals surface area contributed by atoms with Crippen molar-refractivity contribution >= 4 is 17.7 Å². The lowest BCUT2D eigenvalue weighted by Gasteiger charge is -2.20. The van der Waals surface area contributed by atoms with Crippen molar-refractivity contribution in [2.24, 2.45) is 5.92 Å². The van der Waals surface area contributed by atoms with Gasteiger partial charge >= 0.3 is 12.0 Å². The molecule has 1 aromatic carbocycles. The summed E-state index contributed by atoms with van der Waals surface area (Å²) in [5.41, 5.74) is 0.630. The summed E-state index contributed by atoms with van der Waals surface area (Å²) in [6, 6.07) is 6.68. The van der Waals surface area contributed by atoms with Gasteiger partial charge in [-0.1, -0.05) is 6.92 Å². The number of ether oxygens (including phenoxy) is 1. The number of carboxylic acids is 1. The van der Waals surface area contributed by atoms with Gasteiger partial charge in [0.1, 0.15) is 5.75 Å². The smallest absolute Gasteiger partial charge is 0.321 e. The highest BCUT2D eigenvalue weighted by molar-refractivity contribution is 5.89. The summed E-state index contributed by atoms with van der Waals surface area (Å²) in [6.45, 7) is 5.59. The van der Waals surface area contributed by atoms with Crippen molar-refractivity contribution in [2.75, 3.05) is 18.9 Å². The third-order valence-corrected chi connectivity index (χ3v) is 2.79. The zero-order valence-corrected chi connectivity index (χ0v) is 12.8. The van der Waals surface area contributed by atoms with Crippen LogP contribution in [0.5, 0.6) is 5.75 Å². The summed E-state index contributed by atoms with van der Waals surface area (Å²) in [6.07, 6.45) is 0.0917. The van der Waals surface area contributed by atoms with Gasteiger partial charge in [0.15, 0.2) is 0 Å². The van der Waals surface area contributed by atoms with Gasteiger partial charge in [-0.2, -0.15) is 0 Å². The van der Waals surface area contributed by atoms with Gasteiger partial charge in [-0.15, -0.1) is 0 Å². The molecule has 116 valence electrons. The van der Waals surface area contributed by atoms with E-state index in [4.69, 9.17) is 9.84 Å². The fourth-order valence-electron chi connectivity index (χ4n) is 1.68. The van der Waals surface area contributed by atoms with E-state index >= 15 is 0 Å². The Balaban J connectivity index is 2.56. The van der Waals surface area contributed by atoms with Crippen molar-refractivity contribution in [3.8, 4) is 5.75 Å². The summed E-state index contributed by atoms with van der Waals surface area (Å²) in [4.78, 5) is 24.0. The van der Waals surface area contributed by atoms with Gasteiger partial charge in [0, 0.05) is 19.3 Å². The van der Waals surface area contributed by atoms with E-state index in [2.05, 4.69) is 5.32 Å². The predicted molar refractivity (Wildman–Crippen MR) is 80.7 cm³/mol. The highest BCUT2D eigenvalue weighted by atomic mass is 16.5. The Morgan fingerprint density at radius 3 is 2.29 bits per heavy atom. The van der Waals surface area contributed by atoms with Crippen LogP contribution in [0.4, 0.5) is 10.5 Å². The first-order valence-corrected chi connectivity index (χ1v) is 6.81. The number of nitrogens with one attached hydrogen (secondary N) is 1. The van der Waals surface area contributed by atoms with Crippen molar-refractivity contribution in [2.45, 2.75) is 26.9 Å². The monoisotopic (exact) mass is 294 g/mol. The van der Waals surface area contributed by atoms with Crippen molar-refractivity contribution in [1.29, 1.82) is 0 Å². The van der Waals surface area contributed by atoms with E-state index in [9.17, 15) is 9.59 Å². The molecule has 0 fully saturated rings. The van der Waals surface area contributed by atoms with E-state index in [1.807, 2.05) is 13.8 Å². The lowest BCUT2D eigenvalue weighted by molar-refractivity contribution is -0.141. The molecule has 2 N–H and O–H groups in total. The molecule has 2 amide bonds. The molecule has 1 atom stereocenters. The molecule has 21 heavy (non-hydrogen) atoms. The molecule has 0 aromatic heterocycles. The van der Waals surface area contributed by atoms with Crippen LogP contribution in [0.1, 0.15) is 20.8 Å². The normalized spacial score (nSPS) is 11.9. The van der Waals surface area contributed by atoms with E-state index in [1.165, 1.54) is 4.90 Å². The number of carbonyl (C=O) groups excluding carboxylic acids is 1. The van der Waals surface area contributed by atoms with Gasteiger partial charge in [-0.3, -0.25) is 4.79 Å². The molecule has 6 nitrogen and oxygen atoms in total. The quantitative estimate of drug-likeness (QED) is 0.845. The number of amides is 2. The van der Waals surface area contributed by atoms with Gasteiger partial charge in [-0.25, -0.2) is 4.79 Å². The van der Waals surface area contributed by atoms with Crippen LogP contribution in [0.3, 0.4) is 0 Å². The summed E-state index contributed by atoms with van der Waals surface area (Å²) >= 11 is 0. The maximum atomic E-state index is 11.9. The zero-order chi connectivity index (χ0) is 16.0. The SMILES string of the molecule is CC(C)Oc1ccc(NC(=O)N(C)CC(C)C(=O)O)cc1. The van der Waals surface area contributed by atoms with E-state index in [0.717, 1.165) is 5.75 Å². The van der Waals surface area contributed by atoms with E-state index in [0.29, 0.717) is 5.69 Å². The first-order chi connectivity index (χ1) is 9.79. The fourth-order valence-corrected chi connectivity index (χ4v) is 1.68. The number of nitrogens with zero attached hydrogens (tertiary/aromatic N) is 1. The molecule has 0 saturated heterocycles. The number of benzene rings is 1. The minimum Gasteiger partial charge on any atom is -0.491 e. The summed E-state index contributed by atoms with van der Waals surface area (Å²) in [5.74, 6) is -0.803. The zero-order valence-electron chi connectivity index (χ0n) is 12.8. The molecule has 1 aromatic rings. The van der Waals surface area contributed by atoms with Crippen LogP contribution in [0.25, 0.3) is 0 Å². The topological polar surface area (TPSA) is 78.9 Å². The van der Waals surface area contributed by atoms with E-state index in [-0.39, 0.29) is 18.7 Å². The first-order valence-electron chi connectivity index (χ1n) is 6.81. The maximum Gasteiger partial charge on any atom is 0.321 e. The number of hydrogen-bond acceptors (Lipinski definition) is 3. The molecule has 0 radical (unpaired) electrons. The number of hydrogen-bond donors (Lipinski definition) is 2. The molecule has 0 aliphatic heterocycles. The van der Waals surface area contributed by atoms with Gasteiger partial charge < -0.3 is 20.1 Å². The van der Waals surface area contributed by atoms with E-state index < -0.39 is 11.9 Å². The van der Waals surface area contributed by atoms with Crippen LogP contribution in [0.2, 0.25) is 0 Å². The Morgan fingerprint density at radius 1 is 1.24 bits per heavy atom. The molecular formula is C15H22N2O4. The minimum absolute atomic E-state index is 0.0917. The molecule has 6 heteroatoms. The van der Waals surface area contributed by atoms with Crippen molar-refractivity contribution in [3.63, 3.8) is 0 Å². The average molecular weight is 294 g/mol. The van der Waals surface area contributed by atoms with Gasteiger partial charge in [0.25, 0.3) is 0 Å². The van der Waals surface area contributed by atoms with Crippen molar-refractivity contribution in [3.05, 3.63) is 24.3 Å². The van der Waals surface area contributed by atoms with Crippen molar-refractivity contribution < 1.29 is 19.4 Å². The summed E-state index contributed by atoms with van der Waals surface area (Å²) < 4.78 is 5.51. The molecule has 0 aliphatic rings. The summed E-state index contributed by atoms with van der Waals surface area (Å²) in [5, 5.41) is 11.5. The Morgan fingerprint density at radius 2 is 1.81 bits per heavy atom. The highest BCUT2D eigenvalue weighted by Gasteiger charge is 2.17. The number of carbonyl (C=O) groups is 2. The number of anilines is 1. The summed E-state index contributed by atoms with van der Waals surface area (Å²) in [7, 11) is 1.56. The van der Waals surface area contributed by atoms with Crippen LogP contribution in [0.15, 0.2) is 24.3 Å². The standard InChI is InChI=1S/C15H22N2O4/c1-10(2)21-13-7-5-12(6-8-13)16-15(20)17(4)9-11(3)14(18)19/h5-8,10-11H,9H2,1-4H3,(H,16,20)(H,18,19). The second-order valence-electron chi connectivity index (χ2n) is 5.24. The number of urea groups is 1. The molecule has 0 spiro atoms. The lowest BCUT2D eigenvalue weighted by atomic mass is 10.2. The molecule has 1 unspecified atom stereocenters. The van der Waals surface area contributed by atoms with Crippen LogP contribution in [-0.4, -0.2) is 41.7 Å². The Hall–Kier alpha value is -2.24. The van der Waals surface area contributed by atoms with Crippen molar-refractivity contribution in [1.82, 2.24) is 4.90 Å². The van der Waals surface area contributed by atoms with Crippen LogP contribution in [-0.2, 0) is 4.79 Å². The Kier molecular flexibility index (Phi) is 6.02. The highest BCUT2D eigenvalue weighted by Crippen LogP contribution is 2.17. The molecule has 0 heterocycles. The molecule has 0 aliphatic carbocycles. The molecule has 1 rings (SSSR count). The number of aliphatic carboxylic acids is 1. The number of carboxylic acid groups (broad SMARTS) is 1. The van der Waals surface area contributed by atoms with Gasteiger partial charge in [0.05, 0.1) is 12.0 Å². The van der Waals surface area contributed by atoms with Crippen LogP contribution in [0, 0.1) is 5.92 Å². The maximum absolute atomic E-state index is 11.9. The largest absolute Gasteiger partial charge is 0.491 e. The third-order valence-electron chi connectivity index (χ3n) is 2.79. The minimum atomic E-state index is -0.926. The molecule has 0 saturated carbocycles. The lowest BCUT2D eigenvalue weighted by Crippen LogP contribution is -2.36. The number of rotatable bonds is 6. The average Bonchev–Trinajstić information content (AvgIpc) is 2.40. The molecule has 0 bridgehead atoms. The van der Waals surface area contributed by atoms with Crippen LogP contribution < -0.4 is 10.1 Å². The first kappa shape index (κ1) is 16.8.